The quantitative estimate of drug-likeness (QED) is 0.520. The number of nitrogens with one attached hydrogen (secondary N) is 2. The van der Waals surface area contributed by atoms with Crippen molar-refractivity contribution in [3.8, 4) is 0 Å². The number of aromatic carboxylic acids is 1. The second-order valence-corrected chi connectivity index (χ2v) is 5.92. The van der Waals surface area contributed by atoms with Gasteiger partial charge in [-0.25, -0.2) is 4.79 Å². The fraction of sp³-hybridized carbons (Fsp3) is 0. The van der Waals surface area contributed by atoms with Gasteiger partial charge in [-0.3, -0.25) is 10.1 Å². The number of carboxylic acid groups (broad SMARTS) is 1. The van der Waals surface area contributed by atoms with Crippen LogP contribution in [0.4, 0.5) is 5.69 Å². The molecule has 0 fully saturated rings. The molecule has 2 aromatic carbocycles. The van der Waals surface area contributed by atoms with E-state index >= 15 is 0 Å². The molecule has 22 heavy (non-hydrogen) atoms. The van der Waals surface area contributed by atoms with Crippen molar-refractivity contribution >= 4 is 57.5 Å². The number of thiocarbonyl (C=S) groups is 1. The molecule has 0 atom stereocenters. The predicted octanol–water partition coefficient (Wildman–Crippen LogP) is 3.12. The molecule has 0 aliphatic heterocycles. The molecule has 2 aromatic rings. The van der Waals surface area contributed by atoms with Crippen molar-refractivity contribution in [1.29, 1.82) is 0 Å². The summed E-state index contributed by atoms with van der Waals surface area (Å²) in [6.45, 7) is 0. The maximum absolute atomic E-state index is 12.0. The van der Waals surface area contributed by atoms with Gasteiger partial charge in [0.05, 0.1) is 11.3 Å². The fourth-order valence-electron chi connectivity index (χ4n) is 1.72. The van der Waals surface area contributed by atoms with Crippen molar-refractivity contribution in [2.45, 2.75) is 0 Å². The van der Waals surface area contributed by atoms with E-state index in [0.29, 0.717) is 11.3 Å². The lowest BCUT2D eigenvalue weighted by Crippen LogP contribution is -2.34. The summed E-state index contributed by atoms with van der Waals surface area (Å²) in [7, 11) is 0. The third-order valence-corrected chi connectivity index (χ3v) is 3.60. The normalized spacial score (nSPS) is 9.86. The molecule has 5 nitrogen and oxygen atoms in total. The van der Waals surface area contributed by atoms with E-state index in [1.807, 2.05) is 22.6 Å². The number of carbonyl (C=O) groups is 2. The summed E-state index contributed by atoms with van der Waals surface area (Å²) in [6.07, 6.45) is 0. The van der Waals surface area contributed by atoms with Crippen molar-refractivity contribution in [2.75, 3.05) is 5.32 Å². The smallest absolute Gasteiger partial charge is 0.337 e. The van der Waals surface area contributed by atoms with E-state index in [1.165, 1.54) is 6.07 Å². The average Bonchev–Trinajstić information content (AvgIpc) is 2.49. The number of benzene rings is 2. The van der Waals surface area contributed by atoms with Crippen LogP contribution < -0.4 is 10.6 Å². The lowest BCUT2D eigenvalue weighted by Gasteiger charge is -2.12. The minimum absolute atomic E-state index is 0.0394. The molecule has 0 aliphatic carbocycles. The Morgan fingerprint density at radius 3 is 2.41 bits per heavy atom. The maximum atomic E-state index is 12.0. The highest BCUT2D eigenvalue weighted by Crippen LogP contribution is 2.19. The highest BCUT2D eigenvalue weighted by atomic mass is 127. The van der Waals surface area contributed by atoms with E-state index in [2.05, 4.69) is 10.6 Å². The number of rotatable bonds is 3. The average molecular weight is 426 g/mol. The van der Waals surface area contributed by atoms with Crippen molar-refractivity contribution < 1.29 is 14.7 Å². The standard InChI is InChI=1S/C15H11IN2O3S/c16-10-6-7-12(11(8-10)14(20)21)17-15(22)18-13(19)9-4-2-1-3-5-9/h1-8H,(H,20,21)(H2,17,18,19,22). The fourth-order valence-corrected chi connectivity index (χ4v) is 2.41. The number of hydrogen-bond acceptors (Lipinski definition) is 3. The molecule has 0 heterocycles. The minimum Gasteiger partial charge on any atom is -0.478 e. The van der Waals surface area contributed by atoms with Gasteiger partial charge < -0.3 is 10.4 Å². The molecule has 0 radical (unpaired) electrons. The van der Waals surface area contributed by atoms with Crippen molar-refractivity contribution in [3.63, 3.8) is 0 Å². The summed E-state index contributed by atoms with van der Waals surface area (Å²) in [6, 6.07) is 13.5. The van der Waals surface area contributed by atoms with Crippen LogP contribution in [0.3, 0.4) is 0 Å². The Morgan fingerprint density at radius 2 is 1.77 bits per heavy atom. The first-order chi connectivity index (χ1) is 10.5. The summed E-state index contributed by atoms with van der Waals surface area (Å²) in [5.41, 5.74) is 0.877. The van der Waals surface area contributed by atoms with Gasteiger partial charge >= 0.3 is 5.97 Å². The van der Waals surface area contributed by atoms with Crippen LogP contribution in [0, 0.1) is 3.57 Å². The second-order valence-electron chi connectivity index (χ2n) is 4.27. The largest absolute Gasteiger partial charge is 0.478 e. The molecule has 1 amide bonds. The molecule has 0 bridgehead atoms. The van der Waals surface area contributed by atoms with Crippen molar-refractivity contribution in [1.82, 2.24) is 5.32 Å². The van der Waals surface area contributed by atoms with Gasteiger partial charge in [0.1, 0.15) is 0 Å². The Labute approximate surface area is 145 Å². The molecule has 0 saturated carbocycles. The molecular weight excluding hydrogens is 415 g/mol. The number of amides is 1. The van der Waals surface area contributed by atoms with E-state index in [0.717, 1.165) is 3.57 Å². The third kappa shape index (κ3) is 4.25. The molecule has 3 N–H and O–H groups in total. The van der Waals surface area contributed by atoms with Crippen LogP contribution in [0.2, 0.25) is 0 Å². The molecule has 0 aromatic heterocycles. The van der Waals surface area contributed by atoms with Crippen LogP contribution in [-0.4, -0.2) is 22.1 Å². The van der Waals surface area contributed by atoms with E-state index in [9.17, 15) is 14.7 Å². The molecule has 0 aliphatic rings. The number of carboxylic acids is 1. The monoisotopic (exact) mass is 426 g/mol. The van der Waals surface area contributed by atoms with E-state index in [4.69, 9.17) is 12.2 Å². The summed E-state index contributed by atoms with van der Waals surface area (Å²) in [5.74, 6) is -1.43. The zero-order valence-corrected chi connectivity index (χ0v) is 14.1. The highest BCUT2D eigenvalue weighted by molar-refractivity contribution is 14.1. The van der Waals surface area contributed by atoms with Gasteiger partial charge in [0, 0.05) is 9.13 Å². The number of hydrogen-bond donors (Lipinski definition) is 3. The van der Waals surface area contributed by atoms with Crippen molar-refractivity contribution in [2.24, 2.45) is 0 Å². The number of halogens is 1. The van der Waals surface area contributed by atoms with Crippen molar-refractivity contribution in [3.05, 3.63) is 63.2 Å². The van der Waals surface area contributed by atoms with Gasteiger partial charge in [0.2, 0.25) is 0 Å². The van der Waals surface area contributed by atoms with Crippen LogP contribution in [0.5, 0.6) is 0 Å². The third-order valence-electron chi connectivity index (χ3n) is 2.72. The summed E-state index contributed by atoms with van der Waals surface area (Å²) < 4.78 is 0.791. The predicted molar refractivity (Wildman–Crippen MR) is 96.2 cm³/mol. The molecule has 2 rings (SSSR count). The molecule has 7 heteroatoms. The minimum atomic E-state index is -1.07. The first-order valence-electron chi connectivity index (χ1n) is 6.17. The lowest BCUT2D eigenvalue weighted by molar-refractivity contribution is 0.0697. The van der Waals surface area contributed by atoms with Gasteiger partial charge in [-0.15, -0.1) is 0 Å². The molecule has 112 valence electrons. The molecule has 0 unspecified atom stereocenters. The second kappa shape index (κ2) is 7.32. The molecule has 0 spiro atoms. The van der Waals surface area contributed by atoms with Gasteiger partial charge in [-0.2, -0.15) is 0 Å². The van der Waals surface area contributed by atoms with E-state index < -0.39 is 5.97 Å². The first kappa shape index (κ1) is 16.4. The van der Waals surface area contributed by atoms with Crippen LogP contribution in [-0.2, 0) is 0 Å². The SMILES string of the molecule is O=C(NC(=S)Nc1ccc(I)cc1C(=O)O)c1ccccc1. The van der Waals surface area contributed by atoms with Gasteiger partial charge in [-0.05, 0) is 65.1 Å². The topological polar surface area (TPSA) is 78.4 Å². The zero-order valence-electron chi connectivity index (χ0n) is 11.2. The number of carbonyl (C=O) groups excluding carboxylic acids is 1. The van der Waals surface area contributed by atoms with Crippen LogP contribution in [0.15, 0.2) is 48.5 Å². The maximum Gasteiger partial charge on any atom is 0.337 e. The zero-order chi connectivity index (χ0) is 16.1. The van der Waals surface area contributed by atoms with Gasteiger partial charge in [0.25, 0.3) is 5.91 Å². The lowest BCUT2D eigenvalue weighted by atomic mass is 10.2. The van der Waals surface area contributed by atoms with E-state index in [1.54, 1.807) is 42.5 Å². The summed E-state index contributed by atoms with van der Waals surface area (Å²) >= 11 is 7.08. The van der Waals surface area contributed by atoms with Gasteiger partial charge in [-0.1, -0.05) is 18.2 Å². The van der Waals surface area contributed by atoms with Gasteiger partial charge in [0.15, 0.2) is 5.11 Å². The Balaban J connectivity index is 2.10. The van der Waals surface area contributed by atoms with Crippen LogP contribution in [0.1, 0.15) is 20.7 Å². The Kier molecular flexibility index (Phi) is 5.45. The first-order valence-corrected chi connectivity index (χ1v) is 7.66. The number of anilines is 1. The Morgan fingerprint density at radius 1 is 1.09 bits per heavy atom. The van der Waals surface area contributed by atoms with Crippen LogP contribution >= 0.6 is 34.8 Å². The Hall–Kier alpha value is -2.00. The molecule has 0 saturated heterocycles. The highest BCUT2D eigenvalue weighted by Gasteiger charge is 2.13. The molecular formula is C15H11IN2O3S. The van der Waals surface area contributed by atoms with E-state index in [-0.39, 0.29) is 16.6 Å². The Bertz CT molecular complexity index is 735. The summed E-state index contributed by atoms with van der Waals surface area (Å²) in [4.78, 5) is 23.2. The summed E-state index contributed by atoms with van der Waals surface area (Å²) in [5, 5.41) is 14.5. The van der Waals surface area contributed by atoms with Crippen LogP contribution in [0.25, 0.3) is 0 Å².